The molecule has 0 aliphatic heterocycles. The van der Waals surface area contributed by atoms with E-state index in [4.69, 9.17) is 4.74 Å². The molecule has 20 heavy (non-hydrogen) atoms. The average Bonchev–Trinajstić information content (AvgIpc) is 2.92. The Morgan fingerprint density at radius 3 is 2.45 bits per heavy atom. The van der Waals surface area contributed by atoms with Crippen LogP contribution in [0.5, 0.6) is 5.75 Å². The first-order valence-corrected chi connectivity index (χ1v) is 6.63. The second kappa shape index (κ2) is 6.23. The standard InChI is InChI=1S/C15H19N3O2/c1-10(2)20-13-6-4-12(5-7-13)11(3)17-15(19)14-8-9-16-18-14/h4-11H,1-3H3,(H,16,18)(H,17,19). The van der Waals surface area contributed by atoms with Gasteiger partial charge in [-0.05, 0) is 44.5 Å². The van der Waals surface area contributed by atoms with Crippen LogP contribution in [0, 0.1) is 0 Å². The molecular formula is C15H19N3O2. The molecule has 0 radical (unpaired) electrons. The molecule has 0 saturated carbocycles. The lowest BCUT2D eigenvalue weighted by Crippen LogP contribution is -2.26. The Hall–Kier alpha value is -2.30. The molecular weight excluding hydrogens is 254 g/mol. The lowest BCUT2D eigenvalue weighted by molar-refractivity contribution is 0.0935. The van der Waals surface area contributed by atoms with Crippen molar-refractivity contribution < 1.29 is 9.53 Å². The number of H-pyrrole nitrogens is 1. The van der Waals surface area contributed by atoms with Gasteiger partial charge in [0.2, 0.25) is 0 Å². The van der Waals surface area contributed by atoms with Crippen molar-refractivity contribution in [2.75, 3.05) is 0 Å². The van der Waals surface area contributed by atoms with Gasteiger partial charge in [-0.1, -0.05) is 12.1 Å². The zero-order chi connectivity index (χ0) is 14.5. The van der Waals surface area contributed by atoms with E-state index in [1.807, 2.05) is 45.0 Å². The third-order valence-corrected chi connectivity index (χ3v) is 2.84. The molecule has 2 aromatic rings. The van der Waals surface area contributed by atoms with Crippen molar-refractivity contribution in [2.24, 2.45) is 0 Å². The van der Waals surface area contributed by atoms with E-state index in [-0.39, 0.29) is 18.1 Å². The van der Waals surface area contributed by atoms with Crippen molar-refractivity contribution in [1.82, 2.24) is 15.5 Å². The van der Waals surface area contributed by atoms with Crippen molar-refractivity contribution in [1.29, 1.82) is 0 Å². The molecule has 0 bridgehead atoms. The summed E-state index contributed by atoms with van der Waals surface area (Å²) in [5.74, 6) is 0.661. The van der Waals surface area contributed by atoms with Crippen LogP contribution in [0.15, 0.2) is 36.5 Å². The monoisotopic (exact) mass is 273 g/mol. The van der Waals surface area contributed by atoms with Gasteiger partial charge >= 0.3 is 0 Å². The number of nitrogens with zero attached hydrogens (tertiary/aromatic N) is 1. The lowest BCUT2D eigenvalue weighted by atomic mass is 10.1. The zero-order valence-electron chi connectivity index (χ0n) is 11.9. The molecule has 1 atom stereocenters. The van der Waals surface area contributed by atoms with E-state index in [9.17, 15) is 4.79 Å². The summed E-state index contributed by atoms with van der Waals surface area (Å²) in [5, 5.41) is 9.31. The van der Waals surface area contributed by atoms with Gasteiger partial charge in [0, 0.05) is 6.20 Å². The number of amides is 1. The highest BCUT2D eigenvalue weighted by Gasteiger charge is 2.12. The highest BCUT2D eigenvalue weighted by molar-refractivity contribution is 5.92. The molecule has 0 saturated heterocycles. The number of carbonyl (C=O) groups excluding carboxylic acids is 1. The van der Waals surface area contributed by atoms with Gasteiger partial charge in [0.1, 0.15) is 11.4 Å². The Kier molecular flexibility index (Phi) is 4.40. The largest absolute Gasteiger partial charge is 0.491 e. The lowest BCUT2D eigenvalue weighted by Gasteiger charge is -2.15. The molecule has 1 aromatic heterocycles. The molecule has 2 N–H and O–H groups in total. The Morgan fingerprint density at radius 2 is 1.90 bits per heavy atom. The van der Waals surface area contributed by atoms with Crippen LogP contribution in [0.2, 0.25) is 0 Å². The fraction of sp³-hybridized carbons (Fsp3) is 0.333. The van der Waals surface area contributed by atoms with Crippen LogP contribution in [-0.4, -0.2) is 22.2 Å². The van der Waals surface area contributed by atoms with Gasteiger partial charge in [-0.25, -0.2) is 0 Å². The van der Waals surface area contributed by atoms with Gasteiger partial charge in [0.15, 0.2) is 0 Å². The number of carbonyl (C=O) groups is 1. The highest BCUT2D eigenvalue weighted by Crippen LogP contribution is 2.18. The SMILES string of the molecule is CC(C)Oc1ccc(C(C)NC(=O)c2ccn[nH]2)cc1. The first-order valence-electron chi connectivity index (χ1n) is 6.63. The molecule has 2 rings (SSSR count). The Bertz CT molecular complexity index is 547. The molecule has 0 aliphatic rings. The fourth-order valence-electron chi connectivity index (χ4n) is 1.85. The second-order valence-electron chi connectivity index (χ2n) is 4.90. The van der Waals surface area contributed by atoms with Gasteiger partial charge in [-0.15, -0.1) is 0 Å². The Balaban J connectivity index is 1.98. The molecule has 106 valence electrons. The van der Waals surface area contributed by atoms with Crippen LogP contribution in [0.1, 0.15) is 42.9 Å². The van der Waals surface area contributed by atoms with Crippen molar-refractivity contribution >= 4 is 5.91 Å². The fourth-order valence-corrected chi connectivity index (χ4v) is 1.85. The number of aromatic nitrogens is 2. The minimum absolute atomic E-state index is 0.0844. The number of hydrogen-bond acceptors (Lipinski definition) is 3. The van der Waals surface area contributed by atoms with Crippen LogP contribution < -0.4 is 10.1 Å². The second-order valence-corrected chi connectivity index (χ2v) is 4.90. The summed E-state index contributed by atoms with van der Waals surface area (Å²) in [4.78, 5) is 11.9. The maximum absolute atomic E-state index is 11.9. The number of nitrogens with one attached hydrogen (secondary N) is 2. The van der Waals surface area contributed by atoms with Crippen molar-refractivity contribution in [2.45, 2.75) is 32.9 Å². The first kappa shape index (κ1) is 14.1. The van der Waals surface area contributed by atoms with Crippen LogP contribution in [0.4, 0.5) is 0 Å². The topological polar surface area (TPSA) is 67.0 Å². The van der Waals surface area contributed by atoms with Gasteiger partial charge < -0.3 is 10.1 Å². The third-order valence-electron chi connectivity index (χ3n) is 2.84. The van der Waals surface area contributed by atoms with E-state index in [1.54, 1.807) is 12.3 Å². The predicted octanol–water partition coefficient (Wildman–Crippen LogP) is 2.69. The molecule has 5 heteroatoms. The summed E-state index contributed by atoms with van der Waals surface area (Å²) >= 11 is 0. The summed E-state index contributed by atoms with van der Waals surface area (Å²) in [7, 11) is 0. The van der Waals surface area contributed by atoms with E-state index < -0.39 is 0 Å². The molecule has 0 spiro atoms. The number of rotatable bonds is 5. The van der Waals surface area contributed by atoms with Gasteiger partial charge in [-0.3, -0.25) is 9.89 Å². The smallest absolute Gasteiger partial charge is 0.269 e. The van der Waals surface area contributed by atoms with Crippen LogP contribution in [-0.2, 0) is 0 Å². The number of benzene rings is 1. The van der Waals surface area contributed by atoms with Gasteiger partial charge in [-0.2, -0.15) is 5.10 Å². The Labute approximate surface area is 118 Å². The van der Waals surface area contributed by atoms with Gasteiger partial charge in [0.25, 0.3) is 5.91 Å². The highest BCUT2D eigenvalue weighted by atomic mass is 16.5. The first-order chi connectivity index (χ1) is 9.56. The molecule has 0 aliphatic carbocycles. The number of ether oxygens (including phenoxy) is 1. The number of aromatic amines is 1. The minimum atomic E-state index is -0.169. The van der Waals surface area contributed by atoms with E-state index in [2.05, 4.69) is 15.5 Å². The molecule has 5 nitrogen and oxygen atoms in total. The van der Waals surface area contributed by atoms with Crippen molar-refractivity contribution in [3.8, 4) is 5.75 Å². The molecule has 1 amide bonds. The average molecular weight is 273 g/mol. The van der Waals surface area contributed by atoms with Crippen molar-refractivity contribution in [3.05, 3.63) is 47.8 Å². The third kappa shape index (κ3) is 3.60. The van der Waals surface area contributed by atoms with Crippen LogP contribution in [0.25, 0.3) is 0 Å². The summed E-state index contributed by atoms with van der Waals surface area (Å²) in [6.07, 6.45) is 1.70. The Morgan fingerprint density at radius 1 is 1.20 bits per heavy atom. The van der Waals surface area contributed by atoms with E-state index >= 15 is 0 Å². The molecule has 1 heterocycles. The zero-order valence-corrected chi connectivity index (χ0v) is 11.9. The minimum Gasteiger partial charge on any atom is -0.491 e. The molecule has 1 aromatic carbocycles. The van der Waals surface area contributed by atoms with E-state index in [0.717, 1.165) is 11.3 Å². The van der Waals surface area contributed by atoms with Crippen LogP contribution >= 0.6 is 0 Å². The molecule has 0 fully saturated rings. The summed E-state index contributed by atoms with van der Waals surface area (Å²) < 4.78 is 5.59. The summed E-state index contributed by atoms with van der Waals surface area (Å²) in [5.41, 5.74) is 1.48. The summed E-state index contributed by atoms with van der Waals surface area (Å²) in [6.45, 7) is 5.91. The van der Waals surface area contributed by atoms with Crippen LogP contribution in [0.3, 0.4) is 0 Å². The maximum atomic E-state index is 11.9. The predicted molar refractivity (Wildman–Crippen MR) is 76.7 cm³/mol. The van der Waals surface area contributed by atoms with Gasteiger partial charge in [0.05, 0.1) is 12.1 Å². The maximum Gasteiger partial charge on any atom is 0.269 e. The number of hydrogen-bond donors (Lipinski definition) is 2. The quantitative estimate of drug-likeness (QED) is 0.880. The summed E-state index contributed by atoms with van der Waals surface area (Å²) in [6, 6.07) is 9.29. The van der Waals surface area contributed by atoms with Crippen molar-refractivity contribution in [3.63, 3.8) is 0 Å². The normalized spacial score (nSPS) is 12.2. The van der Waals surface area contributed by atoms with E-state index in [1.165, 1.54) is 0 Å². The molecule has 1 unspecified atom stereocenters. The van der Waals surface area contributed by atoms with E-state index in [0.29, 0.717) is 5.69 Å².